The van der Waals surface area contributed by atoms with E-state index >= 15 is 0 Å². The van der Waals surface area contributed by atoms with Crippen LogP contribution in [-0.4, -0.2) is 64.4 Å². The molecule has 0 aliphatic carbocycles. The number of para-hydroxylation sites is 1. The number of halogens is 2. The van der Waals surface area contributed by atoms with E-state index in [1.807, 2.05) is 44.2 Å². The number of carboxylic acid groups (broad SMARTS) is 1. The lowest BCUT2D eigenvalue weighted by atomic mass is 9.97. The van der Waals surface area contributed by atoms with Crippen molar-refractivity contribution in [2.75, 3.05) is 30.4 Å². The molecule has 41 heavy (non-hydrogen) atoms. The largest absolute Gasteiger partial charge is 0.465 e. The van der Waals surface area contributed by atoms with Crippen LogP contribution in [0.4, 0.5) is 14.9 Å². The van der Waals surface area contributed by atoms with Gasteiger partial charge in [0.1, 0.15) is 29.2 Å². The van der Waals surface area contributed by atoms with Crippen molar-refractivity contribution < 1.29 is 28.6 Å². The normalized spacial score (nSPS) is 15.9. The average Bonchev–Trinajstić information content (AvgIpc) is 2.96. The van der Waals surface area contributed by atoms with Crippen LogP contribution in [0.2, 0.25) is 0 Å². The minimum absolute atomic E-state index is 0.0500. The van der Waals surface area contributed by atoms with Gasteiger partial charge >= 0.3 is 6.09 Å². The molecule has 0 aromatic heterocycles. The summed E-state index contributed by atoms with van der Waals surface area (Å²) < 4.78 is 19.9. The SMILES string of the molecule is Cc1cc(Oc2ccccc2)ccc1N(C(=O)CCl)[C@H](C(=O)N1CCN(C(=O)O)C(C(C)C)C1)c1ccc(F)cc1. The number of aryl methyl sites for hydroxylation is 1. The maximum Gasteiger partial charge on any atom is 0.407 e. The van der Waals surface area contributed by atoms with E-state index < -0.39 is 41.7 Å². The summed E-state index contributed by atoms with van der Waals surface area (Å²) in [4.78, 5) is 43.9. The maximum atomic E-state index is 14.3. The molecular formula is C31H33ClFN3O5. The quantitative estimate of drug-likeness (QED) is 0.325. The van der Waals surface area contributed by atoms with Crippen LogP contribution in [0, 0.1) is 18.7 Å². The van der Waals surface area contributed by atoms with Crippen molar-refractivity contribution in [3.63, 3.8) is 0 Å². The predicted octanol–water partition coefficient (Wildman–Crippen LogP) is 6.09. The van der Waals surface area contributed by atoms with Crippen molar-refractivity contribution in [1.82, 2.24) is 9.80 Å². The van der Waals surface area contributed by atoms with Crippen molar-refractivity contribution in [2.45, 2.75) is 32.9 Å². The molecular weight excluding hydrogens is 549 g/mol. The molecule has 8 nitrogen and oxygen atoms in total. The third-order valence-corrected chi connectivity index (χ3v) is 7.44. The second kappa shape index (κ2) is 13.0. The van der Waals surface area contributed by atoms with Gasteiger partial charge in [0.2, 0.25) is 5.91 Å². The number of piperazine rings is 1. The van der Waals surface area contributed by atoms with Crippen LogP contribution < -0.4 is 9.64 Å². The van der Waals surface area contributed by atoms with Crippen molar-refractivity contribution in [2.24, 2.45) is 5.92 Å². The zero-order chi connectivity index (χ0) is 29.7. The number of carbonyl (C=O) groups is 3. The number of hydrogen-bond acceptors (Lipinski definition) is 4. The van der Waals surface area contributed by atoms with Gasteiger partial charge in [-0.05, 0) is 66.4 Å². The van der Waals surface area contributed by atoms with E-state index in [0.29, 0.717) is 28.3 Å². The zero-order valence-corrected chi connectivity index (χ0v) is 23.9. The molecule has 1 fully saturated rings. The summed E-state index contributed by atoms with van der Waals surface area (Å²) >= 11 is 6.08. The van der Waals surface area contributed by atoms with Crippen LogP contribution in [-0.2, 0) is 9.59 Å². The molecule has 10 heteroatoms. The third-order valence-electron chi connectivity index (χ3n) is 7.21. The van der Waals surface area contributed by atoms with E-state index in [4.69, 9.17) is 16.3 Å². The van der Waals surface area contributed by atoms with Crippen LogP contribution in [0.3, 0.4) is 0 Å². The molecule has 1 unspecified atom stereocenters. The maximum absolute atomic E-state index is 14.3. The fourth-order valence-electron chi connectivity index (χ4n) is 5.11. The number of hydrogen-bond donors (Lipinski definition) is 1. The van der Waals surface area contributed by atoms with Crippen molar-refractivity contribution >= 4 is 35.2 Å². The van der Waals surface area contributed by atoms with Gasteiger partial charge in [-0.1, -0.05) is 44.2 Å². The van der Waals surface area contributed by atoms with Crippen molar-refractivity contribution in [3.05, 3.63) is 89.7 Å². The van der Waals surface area contributed by atoms with Crippen LogP contribution in [0.25, 0.3) is 0 Å². The molecule has 4 rings (SSSR count). The van der Waals surface area contributed by atoms with Gasteiger partial charge < -0.3 is 19.6 Å². The van der Waals surface area contributed by atoms with Gasteiger partial charge in [-0.3, -0.25) is 14.5 Å². The second-order valence-corrected chi connectivity index (χ2v) is 10.6. The van der Waals surface area contributed by atoms with E-state index in [9.17, 15) is 23.9 Å². The number of amides is 3. The van der Waals surface area contributed by atoms with Gasteiger partial charge in [0, 0.05) is 25.3 Å². The highest BCUT2D eigenvalue weighted by Crippen LogP contribution is 2.35. The highest BCUT2D eigenvalue weighted by Gasteiger charge is 2.40. The molecule has 1 aliphatic heterocycles. The summed E-state index contributed by atoms with van der Waals surface area (Å²) in [6.07, 6.45) is -1.04. The lowest BCUT2D eigenvalue weighted by Crippen LogP contribution is -2.59. The van der Waals surface area contributed by atoms with Crippen LogP contribution >= 0.6 is 11.6 Å². The van der Waals surface area contributed by atoms with E-state index in [2.05, 4.69) is 0 Å². The fourth-order valence-corrected chi connectivity index (χ4v) is 5.24. The summed E-state index contributed by atoms with van der Waals surface area (Å²) in [7, 11) is 0. The lowest BCUT2D eigenvalue weighted by molar-refractivity contribution is -0.137. The van der Waals surface area contributed by atoms with Gasteiger partial charge in [0.05, 0.1) is 6.04 Å². The first kappa shape index (κ1) is 29.9. The van der Waals surface area contributed by atoms with Gasteiger partial charge in [-0.2, -0.15) is 0 Å². The molecule has 216 valence electrons. The van der Waals surface area contributed by atoms with Crippen LogP contribution in [0.1, 0.15) is 31.0 Å². The molecule has 2 atom stereocenters. The summed E-state index contributed by atoms with van der Waals surface area (Å²) in [6.45, 7) is 6.04. The lowest BCUT2D eigenvalue weighted by Gasteiger charge is -2.44. The van der Waals surface area contributed by atoms with Gasteiger partial charge in [-0.25, -0.2) is 9.18 Å². The molecule has 0 bridgehead atoms. The van der Waals surface area contributed by atoms with E-state index in [-0.39, 0.29) is 25.6 Å². The van der Waals surface area contributed by atoms with E-state index in [1.165, 1.54) is 34.1 Å². The number of rotatable bonds is 8. The third kappa shape index (κ3) is 6.79. The first-order chi connectivity index (χ1) is 19.6. The molecule has 1 aliphatic rings. The predicted molar refractivity (Wildman–Crippen MR) is 155 cm³/mol. The van der Waals surface area contributed by atoms with Crippen molar-refractivity contribution in [1.29, 1.82) is 0 Å². The highest BCUT2D eigenvalue weighted by atomic mass is 35.5. The number of alkyl halides is 1. The molecule has 3 aromatic carbocycles. The Labute approximate surface area is 243 Å². The Morgan fingerprint density at radius 1 is 1.02 bits per heavy atom. The van der Waals surface area contributed by atoms with Crippen LogP contribution in [0.15, 0.2) is 72.8 Å². The van der Waals surface area contributed by atoms with E-state index in [1.54, 1.807) is 30.0 Å². The summed E-state index contributed by atoms with van der Waals surface area (Å²) in [5, 5.41) is 9.69. The minimum Gasteiger partial charge on any atom is -0.465 e. The number of benzene rings is 3. The Balaban J connectivity index is 1.75. The number of carbonyl (C=O) groups excluding carboxylic acids is 2. The van der Waals surface area contributed by atoms with Gasteiger partial charge in [0.15, 0.2) is 0 Å². The number of ether oxygens (including phenoxy) is 1. The summed E-state index contributed by atoms with van der Waals surface area (Å²) in [5.74, 6) is -0.658. The molecule has 3 aromatic rings. The van der Waals surface area contributed by atoms with Crippen molar-refractivity contribution in [3.8, 4) is 11.5 Å². The Bertz CT molecular complexity index is 1390. The van der Waals surface area contributed by atoms with Crippen LogP contribution in [0.5, 0.6) is 11.5 Å². The number of anilines is 1. The number of nitrogens with zero attached hydrogens (tertiary/aromatic N) is 3. The molecule has 0 radical (unpaired) electrons. The Morgan fingerprint density at radius 3 is 2.29 bits per heavy atom. The second-order valence-electron chi connectivity index (χ2n) is 10.3. The molecule has 0 spiro atoms. The standard InChI is InChI=1S/C31H33ClFN3O5/c1-20(2)27-19-34(15-16-35(27)31(39)40)30(38)29(22-9-11-23(33)12-10-22)36(28(37)18-32)26-14-13-25(17-21(26)3)41-24-7-5-4-6-8-24/h4-14,17,20,27,29H,15-16,18-19H2,1-3H3,(H,39,40)/t27?,29-/m0/s1. The molecule has 1 heterocycles. The monoisotopic (exact) mass is 581 g/mol. The smallest absolute Gasteiger partial charge is 0.407 e. The van der Waals surface area contributed by atoms with Gasteiger partial charge in [0.25, 0.3) is 5.91 Å². The van der Waals surface area contributed by atoms with E-state index in [0.717, 1.165) is 0 Å². The fraction of sp³-hybridized carbons (Fsp3) is 0.323. The summed E-state index contributed by atoms with van der Waals surface area (Å²) in [6, 6.07) is 18.3. The van der Waals surface area contributed by atoms with Gasteiger partial charge in [-0.15, -0.1) is 11.6 Å². The molecule has 1 saturated heterocycles. The Morgan fingerprint density at radius 2 is 1.71 bits per heavy atom. The highest BCUT2D eigenvalue weighted by molar-refractivity contribution is 6.30. The molecule has 3 amide bonds. The first-order valence-corrected chi connectivity index (χ1v) is 13.9. The first-order valence-electron chi connectivity index (χ1n) is 13.4. The minimum atomic E-state index is -1.16. The average molecular weight is 582 g/mol. The Hall–Kier alpha value is -4.11. The zero-order valence-electron chi connectivity index (χ0n) is 23.2. The summed E-state index contributed by atoms with van der Waals surface area (Å²) in [5.41, 5.74) is 1.51. The molecule has 0 saturated carbocycles. The topological polar surface area (TPSA) is 90.4 Å². The Kier molecular flexibility index (Phi) is 9.50. The molecule has 1 N–H and O–H groups in total.